The Balaban J connectivity index is 1.46. The van der Waals surface area contributed by atoms with Crippen molar-refractivity contribution >= 4 is 34.9 Å². The summed E-state index contributed by atoms with van der Waals surface area (Å²) in [6, 6.07) is 2.46. The SMILES string of the molecule is C=CC(=O)c1c(NC(=O)C2CCCCN2)ccc(F)c1CNc1nc(NC2CCOCC2)nc2c(C(C)C)cnn12. The second-order valence-electron chi connectivity index (χ2n) is 10.8. The average molecular weight is 565 g/mol. The maximum absolute atomic E-state index is 15.3. The van der Waals surface area contributed by atoms with Crippen LogP contribution in [0.5, 0.6) is 0 Å². The summed E-state index contributed by atoms with van der Waals surface area (Å²) in [6.45, 7) is 9.70. The van der Waals surface area contributed by atoms with E-state index >= 15 is 4.39 Å². The molecule has 1 atom stereocenters. The third-order valence-electron chi connectivity index (χ3n) is 7.57. The molecule has 4 N–H and O–H groups in total. The first-order valence-electron chi connectivity index (χ1n) is 14.2. The Morgan fingerprint density at radius 3 is 2.73 bits per heavy atom. The van der Waals surface area contributed by atoms with E-state index in [2.05, 4.69) is 51.8 Å². The van der Waals surface area contributed by atoms with Gasteiger partial charge in [-0.3, -0.25) is 9.59 Å². The van der Waals surface area contributed by atoms with Gasteiger partial charge in [0.25, 0.3) is 0 Å². The summed E-state index contributed by atoms with van der Waals surface area (Å²) in [5.41, 5.74) is 1.95. The van der Waals surface area contributed by atoms with Gasteiger partial charge in [-0.15, -0.1) is 0 Å². The summed E-state index contributed by atoms with van der Waals surface area (Å²) in [7, 11) is 0. The number of anilines is 3. The van der Waals surface area contributed by atoms with Crippen molar-refractivity contribution in [3.05, 3.63) is 53.5 Å². The van der Waals surface area contributed by atoms with E-state index in [4.69, 9.17) is 9.72 Å². The number of hydrogen-bond donors (Lipinski definition) is 4. The summed E-state index contributed by atoms with van der Waals surface area (Å²) in [5.74, 6) is -0.409. The van der Waals surface area contributed by atoms with Crippen LogP contribution in [0.1, 0.15) is 73.4 Å². The minimum Gasteiger partial charge on any atom is -0.381 e. The van der Waals surface area contributed by atoms with Crippen LogP contribution in [0.15, 0.2) is 31.0 Å². The Labute approximate surface area is 238 Å². The number of allylic oxidation sites excluding steroid dienone is 1. The lowest BCUT2D eigenvalue weighted by Gasteiger charge is -2.24. The average Bonchev–Trinajstić information content (AvgIpc) is 3.42. The van der Waals surface area contributed by atoms with Crippen LogP contribution in [-0.4, -0.2) is 63.1 Å². The number of fused-ring (bicyclic) bond motifs is 1. The molecule has 1 amide bonds. The Morgan fingerprint density at radius 1 is 1.22 bits per heavy atom. The number of aromatic nitrogens is 4. The van der Waals surface area contributed by atoms with E-state index in [1.54, 1.807) is 10.7 Å². The first kappa shape index (κ1) is 28.6. The normalized spacial score (nSPS) is 17.9. The maximum atomic E-state index is 15.3. The molecule has 41 heavy (non-hydrogen) atoms. The number of amides is 1. The number of nitrogens with one attached hydrogen (secondary N) is 4. The van der Waals surface area contributed by atoms with Gasteiger partial charge < -0.3 is 26.0 Å². The zero-order valence-electron chi connectivity index (χ0n) is 23.5. The van der Waals surface area contributed by atoms with Gasteiger partial charge in [-0.05, 0) is 56.4 Å². The third kappa shape index (κ3) is 6.38. The molecule has 5 rings (SSSR count). The molecule has 0 bridgehead atoms. The van der Waals surface area contributed by atoms with Gasteiger partial charge in [0, 0.05) is 36.9 Å². The Bertz CT molecular complexity index is 1430. The largest absolute Gasteiger partial charge is 0.381 e. The van der Waals surface area contributed by atoms with E-state index in [0.717, 1.165) is 43.9 Å². The summed E-state index contributed by atoms with van der Waals surface area (Å²) in [6.07, 6.45) is 7.18. The Kier molecular flexibility index (Phi) is 8.89. The van der Waals surface area contributed by atoms with E-state index < -0.39 is 11.6 Å². The van der Waals surface area contributed by atoms with Crippen LogP contribution in [0.2, 0.25) is 0 Å². The number of benzene rings is 1. The molecule has 0 radical (unpaired) electrons. The van der Waals surface area contributed by atoms with Crippen molar-refractivity contribution in [2.24, 2.45) is 0 Å². The van der Waals surface area contributed by atoms with Crippen molar-refractivity contribution in [3.63, 3.8) is 0 Å². The fourth-order valence-corrected chi connectivity index (χ4v) is 5.25. The van der Waals surface area contributed by atoms with Crippen LogP contribution in [-0.2, 0) is 16.1 Å². The predicted molar refractivity (Wildman–Crippen MR) is 155 cm³/mol. The quantitative estimate of drug-likeness (QED) is 0.213. The van der Waals surface area contributed by atoms with Gasteiger partial charge in [-0.2, -0.15) is 19.6 Å². The highest BCUT2D eigenvalue weighted by atomic mass is 19.1. The molecule has 2 aliphatic heterocycles. The van der Waals surface area contributed by atoms with Crippen molar-refractivity contribution < 1.29 is 18.7 Å². The Hall–Kier alpha value is -3.90. The molecule has 1 aromatic carbocycles. The lowest BCUT2D eigenvalue weighted by Crippen LogP contribution is -2.43. The summed E-state index contributed by atoms with van der Waals surface area (Å²) in [5, 5.41) is 17.1. The molecule has 2 aromatic heterocycles. The smallest absolute Gasteiger partial charge is 0.241 e. The van der Waals surface area contributed by atoms with E-state index in [1.165, 1.54) is 12.1 Å². The molecule has 2 fully saturated rings. The van der Waals surface area contributed by atoms with Gasteiger partial charge in [-0.1, -0.05) is 26.8 Å². The van der Waals surface area contributed by atoms with Gasteiger partial charge in [0.15, 0.2) is 11.4 Å². The van der Waals surface area contributed by atoms with Gasteiger partial charge in [0.1, 0.15) is 5.82 Å². The fraction of sp³-hybridized carbons (Fsp3) is 0.483. The van der Waals surface area contributed by atoms with Crippen LogP contribution in [0, 0.1) is 5.82 Å². The molecule has 2 aliphatic rings. The second-order valence-corrected chi connectivity index (χ2v) is 10.8. The van der Waals surface area contributed by atoms with Gasteiger partial charge in [0.05, 0.1) is 23.5 Å². The molecule has 12 heteroatoms. The van der Waals surface area contributed by atoms with Crippen molar-refractivity contribution in [3.8, 4) is 0 Å². The number of carbonyl (C=O) groups excluding carboxylic acids is 2. The van der Waals surface area contributed by atoms with Gasteiger partial charge in [0.2, 0.25) is 17.8 Å². The molecular formula is C29H37FN8O3. The number of carbonyl (C=O) groups is 2. The zero-order chi connectivity index (χ0) is 28.9. The summed E-state index contributed by atoms with van der Waals surface area (Å²) < 4.78 is 22.4. The Morgan fingerprint density at radius 2 is 2.02 bits per heavy atom. The molecular weight excluding hydrogens is 527 g/mol. The lowest BCUT2D eigenvalue weighted by molar-refractivity contribution is -0.118. The zero-order valence-corrected chi connectivity index (χ0v) is 23.5. The summed E-state index contributed by atoms with van der Waals surface area (Å²) in [4.78, 5) is 35.3. The number of rotatable bonds is 10. The van der Waals surface area contributed by atoms with Crippen molar-refractivity contribution in [2.45, 2.75) is 70.5 Å². The first-order chi connectivity index (χ1) is 19.9. The van der Waals surface area contributed by atoms with Crippen LogP contribution in [0.3, 0.4) is 0 Å². The van der Waals surface area contributed by atoms with E-state index in [9.17, 15) is 9.59 Å². The summed E-state index contributed by atoms with van der Waals surface area (Å²) >= 11 is 0. The predicted octanol–water partition coefficient (Wildman–Crippen LogP) is 4.04. The van der Waals surface area contributed by atoms with E-state index in [-0.39, 0.29) is 47.3 Å². The van der Waals surface area contributed by atoms with Crippen LogP contribution in [0.25, 0.3) is 5.65 Å². The molecule has 218 valence electrons. The topological polar surface area (TPSA) is 135 Å². The number of ether oxygens (including phenoxy) is 1. The number of hydrogen-bond acceptors (Lipinski definition) is 9. The fourth-order valence-electron chi connectivity index (χ4n) is 5.25. The third-order valence-corrected chi connectivity index (χ3v) is 7.57. The van der Waals surface area contributed by atoms with Gasteiger partial charge >= 0.3 is 0 Å². The van der Waals surface area contributed by atoms with Crippen LogP contribution < -0.4 is 21.3 Å². The van der Waals surface area contributed by atoms with E-state index in [0.29, 0.717) is 37.2 Å². The minimum absolute atomic E-state index is 0.0471. The van der Waals surface area contributed by atoms with Crippen molar-refractivity contribution in [2.75, 3.05) is 35.7 Å². The van der Waals surface area contributed by atoms with Crippen molar-refractivity contribution in [1.82, 2.24) is 24.9 Å². The molecule has 3 aromatic rings. The first-order valence-corrected chi connectivity index (χ1v) is 14.2. The second kappa shape index (κ2) is 12.7. The van der Waals surface area contributed by atoms with Crippen molar-refractivity contribution in [1.29, 1.82) is 0 Å². The number of ketones is 1. The highest BCUT2D eigenvalue weighted by Crippen LogP contribution is 2.27. The van der Waals surface area contributed by atoms with Crippen LogP contribution in [0.4, 0.5) is 22.0 Å². The molecule has 4 heterocycles. The standard InChI is InChI=1S/C29H37FN8O3/c1-4-24(39)25-20(21(30)8-9-22(25)35-27(40)23-7-5-6-12-31-23)15-32-29-37-28(34-18-10-13-41-14-11-18)36-26-19(17(2)3)16-33-38(26)29/h4,8-9,16-18,23,31H,1,5-7,10-15H2,2-3H3,(H,35,40)(H2,32,34,36,37). The number of nitrogens with zero attached hydrogens (tertiary/aromatic N) is 4. The number of halogens is 1. The molecule has 1 unspecified atom stereocenters. The van der Waals surface area contributed by atoms with Gasteiger partial charge in [-0.25, -0.2) is 4.39 Å². The highest BCUT2D eigenvalue weighted by molar-refractivity contribution is 6.11. The molecule has 11 nitrogen and oxygen atoms in total. The minimum atomic E-state index is -0.592. The lowest BCUT2D eigenvalue weighted by atomic mass is 9.99. The van der Waals surface area contributed by atoms with E-state index in [1.807, 2.05) is 0 Å². The maximum Gasteiger partial charge on any atom is 0.241 e. The molecule has 2 saturated heterocycles. The molecule has 0 spiro atoms. The van der Waals surface area contributed by atoms with Crippen LogP contribution >= 0.6 is 0 Å². The monoisotopic (exact) mass is 564 g/mol. The highest BCUT2D eigenvalue weighted by Gasteiger charge is 2.25. The number of piperidine rings is 1. The molecule has 0 saturated carbocycles. The molecule has 0 aliphatic carbocycles.